The van der Waals surface area contributed by atoms with Crippen LogP contribution in [0.25, 0.3) is 0 Å². The summed E-state index contributed by atoms with van der Waals surface area (Å²) in [6.07, 6.45) is 0. The van der Waals surface area contributed by atoms with Crippen molar-refractivity contribution in [2.24, 2.45) is 0 Å². The molecule has 0 spiro atoms. The van der Waals surface area contributed by atoms with Crippen molar-refractivity contribution in [3.8, 4) is 0 Å². The number of halogens is 2. The number of carbonyl (C=O) groups is 2. The van der Waals surface area contributed by atoms with Crippen LogP contribution in [0.5, 0.6) is 0 Å². The van der Waals surface area contributed by atoms with E-state index in [1.165, 1.54) is 13.8 Å². The summed E-state index contributed by atoms with van der Waals surface area (Å²) in [7, 11) is 0. The van der Waals surface area contributed by atoms with Gasteiger partial charge in [-0.05, 0) is 0 Å². The van der Waals surface area contributed by atoms with Crippen LogP contribution in [0.15, 0.2) is 28.7 Å². The van der Waals surface area contributed by atoms with Gasteiger partial charge in [-0.15, -0.1) is 0 Å². The first kappa shape index (κ1) is 13.4. The van der Waals surface area contributed by atoms with Crippen LogP contribution >= 0.6 is 36.6 Å². The molecule has 0 N–H and O–H groups in total. The average Bonchev–Trinajstić information content (AvgIpc) is 2.15. The number of hydrogen-bond donors (Lipinski definition) is 0. The molecule has 4 nitrogen and oxygen atoms in total. The van der Waals surface area contributed by atoms with Crippen molar-refractivity contribution in [1.82, 2.24) is 0 Å². The molecule has 1 aromatic carbocycles. The van der Waals surface area contributed by atoms with Crippen LogP contribution < -0.4 is 0 Å². The van der Waals surface area contributed by atoms with Crippen LogP contribution in [-0.4, -0.2) is 11.9 Å². The summed E-state index contributed by atoms with van der Waals surface area (Å²) in [6, 6.07) is 7.22. The first-order valence-electron chi connectivity index (χ1n) is 4.32. The number of rotatable bonds is 3. The number of carbonyl (C=O) groups excluding carboxylic acids is 2. The molecular formula is C10H10BrIO4. The van der Waals surface area contributed by atoms with Crippen molar-refractivity contribution >= 4 is 48.5 Å². The van der Waals surface area contributed by atoms with Gasteiger partial charge in [0.25, 0.3) is 0 Å². The van der Waals surface area contributed by atoms with E-state index in [4.69, 9.17) is 6.13 Å². The molecule has 0 saturated carbocycles. The molecule has 16 heavy (non-hydrogen) atoms. The van der Waals surface area contributed by atoms with Gasteiger partial charge < -0.3 is 0 Å². The van der Waals surface area contributed by atoms with Crippen LogP contribution in [0.4, 0.5) is 0 Å². The van der Waals surface area contributed by atoms with Crippen LogP contribution in [0.1, 0.15) is 13.8 Å². The number of hydrogen-bond acceptors (Lipinski definition) is 4. The van der Waals surface area contributed by atoms with E-state index in [1.54, 1.807) is 18.2 Å². The fourth-order valence-corrected chi connectivity index (χ4v) is 4.50. The van der Waals surface area contributed by atoms with Crippen LogP contribution in [0.3, 0.4) is 0 Å². The standard InChI is InChI=1S/C10H10BrIO4/c1-7(13)15-12(16-8(2)14)10-5-3-4-9(11)6-10/h3-6H,1-2H3. The summed E-state index contributed by atoms with van der Waals surface area (Å²) < 4.78 is 11.7. The molecular weight excluding hydrogens is 391 g/mol. The maximum atomic E-state index is 10.9. The quantitative estimate of drug-likeness (QED) is 0.731. The summed E-state index contributed by atoms with van der Waals surface area (Å²) in [5, 5.41) is 0. The molecule has 0 saturated heterocycles. The van der Waals surface area contributed by atoms with Gasteiger partial charge in [0.15, 0.2) is 0 Å². The third kappa shape index (κ3) is 4.48. The Labute approximate surface area is 110 Å². The fourth-order valence-electron chi connectivity index (χ4n) is 0.858. The predicted octanol–water partition coefficient (Wildman–Crippen LogP) is 3.08. The first-order valence-corrected chi connectivity index (χ1v) is 7.96. The molecule has 88 valence electrons. The van der Waals surface area contributed by atoms with Crippen molar-refractivity contribution in [1.29, 1.82) is 0 Å². The van der Waals surface area contributed by atoms with E-state index in [0.29, 0.717) is 0 Å². The average molecular weight is 401 g/mol. The first-order chi connectivity index (χ1) is 7.49. The Morgan fingerprint density at radius 1 is 1.19 bits per heavy atom. The normalized spacial score (nSPS) is 10.6. The molecule has 0 amide bonds. The zero-order chi connectivity index (χ0) is 12.1. The Bertz CT molecular complexity index is 392. The summed E-state index contributed by atoms with van der Waals surface area (Å²) in [4.78, 5) is 21.8. The fraction of sp³-hybridized carbons (Fsp3) is 0.200. The zero-order valence-corrected chi connectivity index (χ0v) is 12.4. The van der Waals surface area contributed by atoms with Crippen LogP contribution in [-0.2, 0) is 15.7 Å². The van der Waals surface area contributed by atoms with Gasteiger partial charge in [-0.25, -0.2) is 0 Å². The van der Waals surface area contributed by atoms with Gasteiger partial charge in [-0.1, -0.05) is 0 Å². The molecule has 0 bridgehead atoms. The van der Waals surface area contributed by atoms with Crippen molar-refractivity contribution in [3.05, 3.63) is 32.3 Å². The van der Waals surface area contributed by atoms with E-state index in [1.807, 2.05) is 6.07 Å². The molecule has 6 heteroatoms. The van der Waals surface area contributed by atoms with Gasteiger partial charge in [0.05, 0.1) is 0 Å². The van der Waals surface area contributed by atoms with Gasteiger partial charge >= 0.3 is 110 Å². The Kier molecular flexibility index (Phi) is 5.20. The van der Waals surface area contributed by atoms with E-state index in [-0.39, 0.29) is 0 Å². The van der Waals surface area contributed by atoms with Crippen molar-refractivity contribution in [2.45, 2.75) is 13.8 Å². The Balaban J connectivity index is 2.90. The van der Waals surface area contributed by atoms with Gasteiger partial charge in [-0.3, -0.25) is 0 Å². The Morgan fingerprint density at radius 3 is 2.19 bits per heavy atom. The van der Waals surface area contributed by atoms with E-state index in [9.17, 15) is 9.59 Å². The van der Waals surface area contributed by atoms with Gasteiger partial charge in [0.1, 0.15) is 0 Å². The molecule has 1 aromatic rings. The van der Waals surface area contributed by atoms with Gasteiger partial charge in [0.2, 0.25) is 0 Å². The van der Waals surface area contributed by atoms with Gasteiger partial charge in [0, 0.05) is 0 Å². The summed E-state index contributed by atoms with van der Waals surface area (Å²) in [5.74, 6) is -0.877. The molecule has 0 unspecified atom stereocenters. The monoisotopic (exact) mass is 400 g/mol. The van der Waals surface area contributed by atoms with Crippen LogP contribution in [0.2, 0.25) is 0 Å². The van der Waals surface area contributed by atoms with Crippen molar-refractivity contribution in [2.75, 3.05) is 0 Å². The molecule has 0 radical (unpaired) electrons. The minimum atomic E-state index is -2.65. The molecule has 0 aliphatic rings. The summed E-state index contributed by atoms with van der Waals surface area (Å²) in [5.41, 5.74) is 0. The predicted molar refractivity (Wildman–Crippen MR) is 70.4 cm³/mol. The maximum absolute atomic E-state index is 10.9. The number of benzene rings is 1. The molecule has 0 atom stereocenters. The van der Waals surface area contributed by atoms with Gasteiger partial charge in [-0.2, -0.15) is 0 Å². The molecule has 0 aromatic heterocycles. The molecule has 0 fully saturated rings. The Morgan fingerprint density at radius 2 is 1.75 bits per heavy atom. The van der Waals surface area contributed by atoms with Crippen molar-refractivity contribution < 1.29 is 15.7 Å². The summed E-state index contributed by atoms with van der Waals surface area (Å²) >= 11 is 0.654. The van der Waals surface area contributed by atoms with E-state index in [0.717, 1.165) is 8.04 Å². The molecule has 1 rings (SSSR count). The van der Waals surface area contributed by atoms with E-state index >= 15 is 0 Å². The molecule has 0 heterocycles. The zero-order valence-electron chi connectivity index (χ0n) is 8.70. The van der Waals surface area contributed by atoms with Crippen LogP contribution in [0, 0.1) is 3.57 Å². The molecule has 0 aliphatic carbocycles. The van der Waals surface area contributed by atoms with E-state index < -0.39 is 32.6 Å². The topological polar surface area (TPSA) is 52.6 Å². The van der Waals surface area contributed by atoms with Crippen molar-refractivity contribution in [3.63, 3.8) is 0 Å². The SMILES string of the molecule is CC(=O)OI(OC(C)=O)c1cccc(Br)c1. The van der Waals surface area contributed by atoms with E-state index in [2.05, 4.69) is 15.9 Å². The second-order valence-electron chi connectivity index (χ2n) is 2.79. The third-order valence-electron chi connectivity index (χ3n) is 1.32. The second-order valence-corrected chi connectivity index (χ2v) is 7.08. The Hall–Kier alpha value is -0.630. The summed E-state index contributed by atoms with van der Waals surface area (Å²) in [6.45, 7) is 2.60. The molecule has 0 aliphatic heterocycles. The third-order valence-corrected chi connectivity index (χ3v) is 5.54. The second kappa shape index (κ2) is 6.19. The minimum absolute atomic E-state index is 0.438.